The summed E-state index contributed by atoms with van der Waals surface area (Å²) in [5, 5.41) is 3.03. The minimum atomic E-state index is -4.71. The topological polar surface area (TPSA) is 41.6 Å². The van der Waals surface area contributed by atoms with Crippen LogP contribution < -0.4 is 5.32 Å². The van der Waals surface area contributed by atoms with E-state index in [1.165, 1.54) is 0 Å². The number of hydrogen-bond acceptors (Lipinski definition) is 3. The van der Waals surface area contributed by atoms with Crippen molar-refractivity contribution in [3.8, 4) is 0 Å². The van der Waals surface area contributed by atoms with Crippen LogP contribution in [0.4, 0.5) is 18.0 Å². The molecule has 1 heterocycles. The van der Waals surface area contributed by atoms with Crippen LogP contribution >= 0.6 is 0 Å². The number of piperidine rings is 1. The van der Waals surface area contributed by atoms with Gasteiger partial charge in [0.1, 0.15) is 5.60 Å². The van der Waals surface area contributed by atoms with E-state index in [9.17, 15) is 18.0 Å². The van der Waals surface area contributed by atoms with E-state index >= 15 is 0 Å². The normalized spacial score (nSPS) is 21.1. The highest BCUT2D eigenvalue weighted by molar-refractivity contribution is 5.68. The largest absolute Gasteiger partial charge is 0.489 e. The highest BCUT2D eigenvalue weighted by atomic mass is 19.4. The summed E-state index contributed by atoms with van der Waals surface area (Å²) in [6.45, 7) is 5.58. The molecular formula is C12H21F3N2O2. The van der Waals surface area contributed by atoms with Crippen molar-refractivity contribution in [2.75, 3.05) is 19.6 Å². The molecule has 1 rings (SSSR count). The molecule has 0 bridgehead atoms. The molecule has 0 unspecified atom stereocenters. The lowest BCUT2D eigenvalue weighted by Crippen LogP contribution is -2.49. The van der Waals surface area contributed by atoms with Gasteiger partial charge in [-0.25, -0.2) is 9.69 Å². The van der Waals surface area contributed by atoms with E-state index in [-0.39, 0.29) is 17.4 Å². The Labute approximate surface area is 111 Å². The molecule has 1 N–H and O–H groups in total. The molecule has 0 aromatic heterocycles. The molecule has 1 atom stereocenters. The predicted octanol–water partition coefficient (Wildman–Crippen LogP) is 2.74. The second-order valence-electron chi connectivity index (χ2n) is 5.77. The molecule has 19 heavy (non-hydrogen) atoms. The minimum Gasteiger partial charge on any atom is -0.444 e. The molecule has 1 fully saturated rings. The minimum absolute atomic E-state index is 0.129. The van der Waals surface area contributed by atoms with Crippen molar-refractivity contribution in [2.45, 2.75) is 45.5 Å². The standard InChI is InChI=1S/C12H21F3N2O2/c1-11(2,3)19-10(18)17(12(13,14)15)8-9-5-4-6-16-7-9/h9,16H,4-8H2,1-3H3/t9-/m0/s1. The maximum atomic E-state index is 12.9. The molecule has 4 nitrogen and oxygen atoms in total. The molecule has 0 aliphatic carbocycles. The van der Waals surface area contributed by atoms with Crippen LogP contribution in [0.5, 0.6) is 0 Å². The third-order valence-corrected chi connectivity index (χ3v) is 2.76. The Bertz CT molecular complexity index is 307. The highest BCUT2D eigenvalue weighted by Crippen LogP contribution is 2.26. The van der Waals surface area contributed by atoms with Crippen LogP contribution in [0.15, 0.2) is 0 Å². The molecular weight excluding hydrogens is 261 g/mol. The smallest absolute Gasteiger partial charge is 0.444 e. The number of rotatable bonds is 2. The van der Waals surface area contributed by atoms with Gasteiger partial charge in [-0.1, -0.05) is 0 Å². The van der Waals surface area contributed by atoms with Gasteiger partial charge in [0.05, 0.1) is 0 Å². The molecule has 0 aromatic rings. The number of hydrogen-bond donors (Lipinski definition) is 1. The van der Waals surface area contributed by atoms with Crippen molar-refractivity contribution in [3.05, 3.63) is 0 Å². The summed E-state index contributed by atoms with van der Waals surface area (Å²) in [5.74, 6) is -0.192. The summed E-state index contributed by atoms with van der Waals surface area (Å²) in [6.07, 6.45) is -4.53. The molecule has 1 amide bonds. The molecule has 0 spiro atoms. The number of nitrogens with one attached hydrogen (secondary N) is 1. The fourth-order valence-electron chi connectivity index (χ4n) is 1.94. The molecule has 1 aliphatic rings. The Balaban J connectivity index is 2.69. The number of halogens is 3. The molecule has 7 heteroatoms. The zero-order valence-corrected chi connectivity index (χ0v) is 11.5. The average Bonchev–Trinajstić information content (AvgIpc) is 2.23. The molecule has 0 radical (unpaired) electrons. The Kier molecular flexibility index (Phi) is 5.06. The quantitative estimate of drug-likeness (QED) is 0.792. The number of amides is 1. The zero-order valence-electron chi connectivity index (χ0n) is 11.5. The predicted molar refractivity (Wildman–Crippen MR) is 64.6 cm³/mol. The van der Waals surface area contributed by atoms with Crippen LogP contribution in [-0.4, -0.2) is 42.5 Å². The third-order valence-electron chi connectivity index (χ3n) is 2.76. The monoisotopic (exact) mass is 282 g/mol. The van der Waals surface area contributed by atoms with Crippen LogP contribution in [0.1, 0.15) is 33.6 Å². The SMILES string of the molecule is CC(C)(C)OC(=O)N(C[C@H]1CCCNC1)C(F)(F)F. The Morgan fingerprint density at radius 3 is 2.42 bits per heavy atom. The summed E-state index contributed by atoms with van der Waals surface area (Å²) in [4.78, 5) is 11.5. The fourth-order valence-corrected chi connectivity index (χ4v) is 1.94. The first-order chi connectivity index (χ1) is 8.59. The van der Waals surface area contributed by atoms with E-state index in [2.05, 4.69) is 5.32 Å². The molecule has 1 aliphatic heterocycles. The number of carbonyl (C=O) groups is 1. The van der Waals surface area contributed by atoms with Crippen LogP contribution in [-0.2, 0) is 4.74 Å². The van der Waals surface area contributed by atoms with Crippen LogP contribution in [0.2, 0.25) is 0 Å². The molecule has 112 valence electrons. The van der Waals surface area contributed by atoms with Gasteiger partial charge in [0.25, 0.3) is 0 Å². The number of alkyl halides is 3. The molecule has 0 aromatic carbocycles. The van der Waals surface area contributed by atoms with Gasteiger partial charge in [0.15, 0.2) is 0 Å². The van der Waals surface area contributed by atoms with Gasteiger partial charge in [-0.05, 0) is 52.6 Å². The zero-order chi connectivity index (χ0) is 14.7. The number of ether oxygens (including phenoxy) is 1. The second kappa shape index (κ2) is 5.98. The van der Waals surface area contributed by atoms with E-state index in [0.717, 1.165) is 13.0 Å². The van der Waals surface area contributed by atoms with Gasteiger partial charge in [-0.2, -0.15) is 0 Å². The van der Waals surface area contributed by atoms with Crippen LogP contribution in [0.25, 0.3) is 0 Å². The lowest BCUT2D eigenvalue weighted by molar-refractivity contribution is -0.235. The fraction of sp³-hybridized carbons (Fsp3) is 0.917. The maximum absolute atomic E-state index is 12.9. The first kappa shape index (κ1) is 16.1. The highest BCUT2D eigenvalue weighted by Gasteiger charge is 2.44. The summed E-state index contributed by atoms with van der Waals surface area (Å²) in [6, 6.07) is 0. The average molecular weight is 282 g/mol. The summed E-state index contributed by atoms with van der Waals surface area (Å²) < 4.78 is 43.5. The van der Waals surface area contributed by atoms with Gasteiger partial charge in [0.2, 0.25) is 0 Å². The molecule has 1 saturated heterocycles. The van der Waals surface area contributed by atoms with Gasteiger partial charge in [0, 0.05) is 6.54 Å². The summed E-state index contributed by atoms with van der Waals surface area (Å²) >= 11 is 0. The summed E-state index contributed by atoms with van der Waals surface area (Å²) in [5.41, 5.74) is -0.939. The van der Waals surface area contributed by atoms with Crippen molar-refractivity contribution in [3.63, 3.8) is 0 Å². The Morgan fingerprint density at radius 2 is 2.00 bits per heavy atom. The lowest BCUT2D eigenvalue weighted by Gasteiger charge is -2.32. The molecule has 0 saturated carbocycles. The Hall–Kier alpha value is -0.980. The number of nitrogens with zero attached hydrogens (tertiary/aromatic N) is 1. The van der Waals surface area contributed by atoms with Crippen molar-refractivity contribution >= 4 is 6.09 Å². The van der Waals surface area contributed by atoms with Crippen molar-refractivity contribution < 1.29 is 22.7 Å². The number of carbonyl (C=O) groups excluding carboxylic acids is 1. The van der Waals surface area contributed by atoms with E-state index in [1.807, 2.05) is 0 Å². The van der Waals surface area contributed by atoms with Crippen LogP contribution in [0.3, 0.4) is 0 Å². The van der Waals surface area contributed by atoms with Gasteiger partial charge < -0.3 is 10.1 Å². The van der Waals surface area contributed by atoms with Gasteiger partial charge in [-0.3, -0.25) is 0 Å². The van der Waals surface area contributed by atoms with Crippen molar-refractivity contribution in [2.24, 2.45) is 5.92 Å². The van der Waals surface area contributed by atoms with E-state index in [4.69, 9.17) is 4.74 Å². The van der Waals surface area contributed by atoms with Crippen LogP contribution in [0, 0.1) is 5.92 Å². The summed E-state index contributed by atoms with van der Waals surface area (Å²) in [7, 11) is 0. The van der Waals surface area contributed by atoms with Crippen molar-refractivity contribution in [1.82, 2.24) is 10.2 Å². The van der Waals surface area contributed by atoms with Crippen molar-refractivity contribution in [1.29, 1.82) is 0 Å². The van der Waals surface area contributed by atoms with Gasteiger partial charge in [-0.15, -0.1) is 13.2 Å². The van der Waals surface area contributed by atoms with E-state index < -0.39 is 18.0 Å². The lowest BCUT2D eigenvalue weighted by atomic mass is 9.99. The second-order valence-corrected chi connectivity index (χ2v) is 5.77. The van der Waals surface area contributed by atoms with E-state index in [0.29, 0.717) is 13.0 Å². The first-order valence-electron chi connectivity index (χ1n) is 6.37. The maximum Gasteiger partial charge on any atom is 0.489 e. The van der Waals surface area contributed by atoms with Gasteiger partial charge >= 0.3 is 12.4 Å². The first-order valence-corrected chi connectivity index (χ1v) is 6.37. The third kappa shape index (κ3) is 5.67. The Morgan fingerprint density at radius 1 is 1.37 bits per heavy atom. The van der Waals surface area contributed by atoms with E-state index in [1.54, 1.807) is 20.8 Å².